The Morgan fingerprint density at radius 1 is 1.64 bits per heavy atom. The topological polar surface area (TPSA) is 73.3 Å². The zero-order valence-corrected chi connectivity index (χ0v) is 8.95. The van der Waals surface area contributed by atoms with Gasteiger partial charge in [-0.1, -0.05) is 0 Å². The number of hydrogen-bond donors (Lipinski definition) is 1. The number of carbonyl (C=O) groups excluding carboxylic acids is 1. The van der Waals surface area contributed by atoms with Gasteiger partial charge in [-0.2, -0.15) is 5.10 Å². The first-order valence-corrected chi connectivity index (χ1v) is 4.69. The van der Waals surface area contributed by atoms with Gasteiger partial charge < -0.3 is 5.73 Å². The summed E-state index contributed by atoms with van der Waals surface area (Å²) in [4.78, 5) is 15.1. The molecule has 0 saturated heterocycles. The van der Waals surface area contributed by atoms with Crippen molar-refractivity contribution < 1.29 is 4.79 Å². The number of carbonyl (C=O) groups is 1. The fourth-order valence-corrected chi connectivity index (χ4v) is 1.80. The molecule has 0 saturated carbocycles. The van der Waals surface area contributed by atoms with E-state index in [4.69, 9.17) is 5.73 Å². The van der Waals surface area contributed by atoms with E-state index in [1.165, 1.54) is 13.3 Å². The highest BCUT2D eigenvalue weighted by Gasteiger charge is 2.14. The van der Waals surface area contributed by atoms with Crippen molar-refractivity contribution in [3.63, 3.8) is 0 Å². The van der Waals surface area contributed by atoms with E-state index in [9.17, 15) is 4.79 Å². The predicted molar refractivity (Wildman–Crippen MR) is 55.1 cm³/mol. The largest absolute Gasteiger partial charge is 0.382 e. The molecule has 2 heterocycles. The highest BCUT2D eigenvalue weighted by Crippen LogP contribution is 2.23. The molecule has 0 aliphatic carbocycles. The maximum atomic E-state index is 11.3. The number of rotatable bonds is 1. The molecular weight excluding hydrogens is 248 g/mol. The Bertz CT molecular complexity index is 519. The average Bonchev–Trinajstić information content (AvgIpc) is 2.46. The standard InChI is InChI=1S/C8H7BrN4O/c1-4(14)5-2-6(9)13-7(5)8(10)11-3-12-13/h2-3H,1H3,(H2,10,11,12). The number of halogens is 1. The van der Waals surface area contributed by atoms with E-state index in [-0.39, 0.29) is 5.78 Å². The SMILES string of the molecule is CC(=O)c1cc(Br)n2ncnc(N)c12. The predicted octanol–water partition coefficient (Wildman–Crippen LogP) is 1.28. The van der Waals surface area contributed by atoms with Crippen LogP contribution in [0, 0.1) is 0 Å². The summed E-state index contributed by atoms with van der Waals surface area (Å²) in [5.74, 6) is 0.241. The van der Waals surface area contributed by atoms with E-state index in [1.54, 1.807) is 10.6 Å². The fourth-order valence-electron chi connectivity index (χ4n) is 1.30. The van der Waals surface area contributed by atoms with Gasteiger partial charge in [0.2, 0.25) is 0 Å². The van der Waals surface area contributed by atoms with Crippen LogP contribution in [0.3, 0.4) is 0 Å². The Kier molecular flexibility index (Phi) is 1.99. The molecule has 2 N–H and O–H groups in total. The van der Waals surface area contributed by atoms with Crippen molar-refractivity contribution >= 4 is 33.0 Å². The van der Waals surface area contributed by atoms with E-state index in [1.807, 2.05) is 0 Å². The quantitative estimate of drug-likeness (QED) is 0.779. The zero-order valence-electron chi connectivity index (χ0n) is 7.36. The summed E-state index contributed by atoms with van der Waals surface area (Å²) in [6, 6.07) is 1.68. The lowest BCUT2D eigenvalue weighted by Gasteiger charge is -1.98. The minimum atomic E-state index is -0.0605. The van der Waals surface area contributed by atoms with E-state index >= 15 is 0 Å². The minimum Gasteiger partial charge on any atom is -0.382 e. The van der Waals surface area contributed by atoms with Crippen LogP contribution in [0.25, 0.3) is 5.52 Å². The van der Waals surface area contributed by atoms with Crippen LogP contribution in [0.1, 0.15) is 17.3 Å². The molecule has 2 rings (SSSR count). The summed E-state index contributed by atoms with van der Waals surface area (Å²) in [5.41, 5.74) is 6.73. The van der Waals surface area contributed by atoms with Crippen LogP contribution in [0.15, 0.2) is 17.0 Å². The maximum absolute atomic E-state index is 11.3. The molecule has 6 heteroatoms. The van der Waals surface area contributed by atoms with Crippen molar-refractivity contribution in [2.24, 2.45) is 0 Å². The molecule has 0 radical (unpaired) electrons. The van der Waals surface area contributed by atoms with Gasteiger partial charge in [-0.15, -0.1) is 0 Å². The Balaban J connectivity index is 2.93. The molecule has 2 aromatic heterocycles. The number of Topliss-reactive ketones (excluding diaryl/α,β-unsaturated/α-hetero) is 1. The normalized spacial score (nSPS) is 10.7. The van der Waals surface area contributed by atoms with Crippen molar-refractivity contribution in [1.82, 2.24) is 14.6 Å². The number of ketones is 1. The van der Waals surface area contributed by atoms with E-state index in [0.29, 0.717) is 21.5 Å². The summed E-state index contributed by atoms with van der Waals surface area (Å²) in [5, 5.41) is 3.97. The lowest BCUT2D eigenvalue weighted by atomic mass is 10.2. The Morgan fingerprint density at radius 3 is 3.00 bits per heavy atom. The number of fused-ring (bicyclic) bond motifs is 1. The first-order chi connectivity index (χ1) is 6.61. The third-order valence-corrected chi connectivity index (χ3v) is 2.48. The van der Waals surface area contributed by atoms with E-state index < -0.39 is 0 Å². The number of nitrogens with zero attached hydrogens (tertiary/aromatic N) is 3. The zero-order chi connectivity index (χ0) is 10.3. The van der Waals surface area contributed by atoms with Gasteiger partial charge in [-0.05, 0) is 28.9 Å². The summed E-state index contributed by atoms with van der Waals surface area (Å²) in [6.07, 6.45) is 1.34. The van der Waals surface area contributed by atoms with Crippen LogP contribution in [0.5, 0.6) is 0 Å². The molecule has 0 bridgehead atoms. The smallest absolute Gasteiger partial charge is 0.162 e. The number of anilines is 1. The first-order valence-electron chi connectivity index (χ1n) is 3.90. The number of aromatic nitrogens is 3. The third-order valence-electron chi connectivity index (χ3n) is 1.92. The van der Waals surface area contributed by atoms with Crippen LogP contribution >= 0.6 is 15.9 Å². The lowest BCUT2D eigenvalue weighted by molar-refractivity contribution is 0.101. The average molecular weight is 255 g/mol. The number of nitrogens with two attached hydrogens (primary N) is 1. The van der Waals surface area contributed by atoms with Crippen LogP contribution in [0.4, 0.5) is 5.82 Å². The van der Waals surface area contributed by atoms with Gasteiger partial charge in [-0.3, -0.25) is 4.79 Å². The van der Waals surface area contributed by atoms with Crippen LogP contribution in [0.2, 0.25) is 0 Å². The highest BCUT2D eigenvalue weighted by atomic mass is 79.9. The van der Waals surface area contributed by atoms with Gasteiger partial charge in [0.15, 0.2) is 11.6 Å². The van der Waals surface area contributed by atoms with E-state index in [2.05, 4.69) is 26.0 Å². The molecule has 14 heavy (non-hydrogen) atoms. The number of hydrogen-bond acceptors (Lipinski definition) is 4. The molecule has 0 amide bonds. The second-order valence-electron chi connectivity index (χ2n) is 2.84. The van der Waals surface area contributed by atoms with Crippen molar-refractivity contribution in [2.75, 3.05) is 5.73 Å². The van der Waals surface area contributed by atoms with Crippen LogP contribution in [-0.2, 0) is 0 Å². The Labute approximate surface area is 88.1 Å². The molecule has 0 aromatic carbocycles. The Hall–Kier alpha value is -1.43. The molecule has 0 fully saturated rings. The summed E-state index contributed by atoms with van der Waals surface area (Å²) < 4.78 is 2.23. The number of nitrogen functional groups attached to an aromatic ring is 1. The molecule has 72 valence electrons. The fraction of sp³-hybridized carbons (Fsp3) is 0.125. The minimum absolute atomic E-state index is 0.0605. The van der Waals surface area contributed by atoms with Gasteiger partial charge in [0.05, 0.1) is 0 Å². The monoisotopic (exact) mass is 254 g/mol. The van der Waals surface area contributed by atoms with Crippen LogP contribution < -0.4 is 5.73 Å². The van der Waals surface area contributed by atoms with Gasteiger partial charge in [-0.25, -0.2) is 9.50 Å². The molecule has 0 aliphatic rings. The third kappa shape index (κ3) is 1.19. The summed E-state index contributed by atoms with van der Waals surface area (Å²) in [6.45, 7) is 1.48. The maximum Gasteiger partial charge on any atom is 0.162 e. The molecule has 2 aromatic rings. The molecule has 0 spiro atoms. The molecular formula is C8H7BrN4O. The summed E-state index contributed by atoms with van der Waals surface area (Å²) in [7, 11) is 0. The molecule has 0 unspecified atom stereocenters. The second kappa shape index (κ2) is 3.06. The lowest BCUT2D eigenvalue weighted by Crippen LogP contribution is -2.01. The highest BCUT2D eigenvalue weighted by molar-refractivity contribution is 9.10. The van der Waals surface area contributed by atoms with Gasteiger partial charge >= 0.3 is 0 Å². The van der Waals surface area contributed by atoms with Crippen molar-refractivity contribution in [2.45, 2.75) is 6.92 Å². The van der Waals surface area contributed by atoms with Crippen molar-refractivity contribution in [3.05, 3.63) is 22.6 Å². The van der Waals surface area contributed by atoms with Crippen molar-refractivity contribution in [1.29, 1.82) is 0 Å². The van der Waals surface area contributed by atoms with Crippen molar-refractivity contribution in [3.8, 4) is 0 Å². The van der Waals surface area contributed by atoms with E-state index in [0.717, 1.165) is 0 Å². The molecule has 0 atom stereocenters. The summed E-state index contributed by atoms with van der Waals surface area (Å²) >= 11 is 3.29. The first kappa shape index (κ1) is 9.14. The van der Waals surface area contributed by atoms with Gasteiger partial charge in [0.25, 0.3) is 0 Å². The van der Waals surface area contributed by atoms with Crippen LogP contribution in [-0.4, -0.2) is 20.4 Å². The van der Waals surface area contributed by atoms with Gasteiger partial charge in [0, 0.05) is 5.56 Å². The molecule has 5 nitrogen and oxygen atoms in total. The second-order valence-corrected chi connectivity index (χ2v) is 3.66. The molecule has 0 aliphatic heterocycles. The van der Waals surface area contributed by atoms with Gasteiger partial charge in [0.1, 0.15) is 16.4 Å². The Morgan fingerprint density at radius 2 is 2.36 bits per heavy atom.